The molecule has 4 nitrogen and oxygen atoms in total. The Morgan fingerprint density at radius 3 is 1.69 bits per heavy atom. The summed E-state index contributed by atoms with van der Waals surface area (Å²) >= 11 is 0. The van der Waals surface area contributed by atoms with E-state index in [0.717, 1.165) is 0 Å². The molecule has 0 heterocycles. The van der Waals surface area contributed by atoms with Gasteiger partial charge in [-0.1, -0.05) is 20.4 Å². The van der Waals surface area contributed by atoms with Gasteiger partial charge in [0.05, 0.1) is 5.76 Å². The monoisotopic (exact) mass is 210 g/mol. The van der Waals surface area contributed by atoms with Crippen molar-refractivity contribution in [2.24, 2.45) is 0 Å². The fourth-order valence-corrected chi connectivity index (χ4v) is 0.998. The molecule has 0 radical (unpaired) electrons. The predicted octanol–water partition coefficient (Wildman–Crippen LogP) is 2.96. The summed E-state index contributed by atoms with van der Waals surface area (Å²) in [5.41, 5.74) is 0. The number of aliphatic hydroxyl groups is 1. The highest BCUT2D eigenvalue weighted by atomic mass is 31.2. The molecule has 0 saturated heterocycles. The van der Waals surface area contributed by atoms with Gasteiger partial charge in [0.25, 0.3) is 0 Å². The van der Waals surface area contributed by atoms with Crippen LogP contribution >= 0.6 is 7.60 Å². The first-order valence-electron chi connectivity index (χ1n) is 4.03. The molecule has 0 amide bonds. The van der Waals surface area contributed by atoms with Crippen molar-refractivity contribution in [3.05, 3.63) is 12.3 Å². The molecule has 0 spiro atoms. The van der Waals surface area contributed by atoms with Gasteiger partial charge < -0.3 is 14.2 Å². The normalized spacial score (nSPS) is 10.2. The lowest BCUT2D eigenvalue weighted by molar-refractivity contribution is 0.277. The van der Waals surface area contributed by atoms with E-state index >= 15 is 0 Å². The highest BCUT2D eigenvalue weighted by molar-refractivity contribution is 7.53. The van der Waals surface area contributed by atoms with Crippen molar-refractivity contribution in [2.45, 2.75) is 20.3 Å². The molecule has 80 valence electrons. The van der Waals surface area contributed by atoms with Crippen LogP contribution in [0.2, 0.25) is 0 Å². The zero-order valence-corrected chi connectivity index (χ0v) is 9.63. The third-order valence-corrected chi connectivity index (χ3v) is 3.24. The van der Waals surface area contributed by atoms with E-state index in [1.54, 1.807) is 6.92 Å². The number of hydrogen-bond acceptors (Lipinski definition) is 4. The fourth-order valence-electron chi connectivity index (χ4n) is 0.333. The quantitative estimate of drug-likeness (QED) is 0.572. The van der Waals surface area contributed by atoms with Crippen LogP contribution in [0, 0.1) is 0 Å². The number of hydrogen-bond donors (Lipinski definition) is 1. The zero-order valence-electron chi connectivity index (χ0n) is 8.74. The largest absolute Gasteiger partial charge is 0.513 e. The Bertz CT molecular complexity index is 160. The number of rotatable bonds is 4. The smallest absolute Gasteiger partial charge is 0.329 e. The molecule has 0 aromatic heterocycles. The van der Waals surface area contributed by atoms with Gasteiger partial charge in [-0.3, -0.25) is 4.57 Å². The Balaban J connectivity index is 0. The molecule has 5 heteroatoms. The second-order valence-corrected chi connectivity index (χ2v) is 4.80. The second kappa shape index (κ2) is 8.30. The van der Waals surface area contributed by atoms with Gasteiger partial charge in [-0.05, 0) is 0 Å². The van der Waals surface area contributed by atoms with Crippen LogP contribution in [0.5, 0.6) is 0 Å². The molecule has 13 heavy (non-hydrogen) atoms. The fraction of sp³-hybridized carbons (Fsp3) is 0.750. The summed E-state index contributed by atoms with van der Waals surface area (Å²) in [6.45, 7) is 6.84. The summed E-state index contributed by atoms with van der Waals surface area (Å²) in [6, 6.07) is 0. The Morgan fingerprint density at radius 2 is 1.69 bits per heavy atom. The second-order valence-electron chi connectivity index (χ2n) is 2.21. The molecule has 0 fully saturated rings. The summed E-state index contributed by atoms with van der Waals surface area (Å²) in [6.07, 6.45) is 1.10. The van der Waals surface area contributed by atoms with E-state index in [9.17, 15) is 4.57 Å². The minimum Gasteiger partial charge on any atom is -0.513 e. The molecule has 0 bridgehead atoms. The van der Waals surface area contributed by atoms with Crippen molar-refractivity contribution in [1.29, 1.82) is 0 Å². The lowest BCUT2D eigenvalue weighted by atomic mass is 10.4. The van der Waals surface area contributed by atoms with E-state index in [2.05, 4.69) is 15.6 Å². The third-order valence-electron chi connectivity index (χ3n) is 1.35. The van der Waals surface area contributed by atoms with Crippen molar-refractivity contribution in [2.75, 3.05) is 20.4 Å². The summed E-state index contributed by atoms with van der Waals surface area (Å²) < 4.78 is 20.0. The molecule has 0 rings (SSSR count). The lowest BCUT2D eigenvalue weighted by Gasteiger charge is -2.08. The van der Waals surface area contributed by atoms with Gasteiger partial charge in [0, 0.05) is 26.8 Å². The topological polar surface area (TPSA) is 55.8 Å². The number of aliphatic hydroxyl groups excluding tert-OH is 1. The molecule has 0 aromatic rings. The van der Waals surface area contributed by atoms with Crippen molar-refractivity contribution in [3.8, 4) is 0 Å². The van der Waals surface area contributed by atoms with Gasteiger partial charge in [0.1, 0.15) is 0 Å². The first kappa shape index (κ1) is 15.2. The van der Waals surface area contributed by atoms with Crippen molar-refractivity contribution in [3.63, 3.8) is 0 Å². The molecule has 0 saturated carbocycles. The highest BCUT2D eigenvalue weighted by Crippen LogP contribution is 2.45. The van der Waals surface area contributed by atoms with Crippen molar-refractivity contribution < 1.29 is 18.7 Å². The summed E-state index contributed by atoms with van der Waals surface area (Å²) in [4.78, 5) is 0. The third kappa shape index (κ3) is 9.61. The molecule has 1 N–H and O–H groups in total. The van der Waals surface area contributed by atoms with Crippen LogP contribution < -0.4 is 0 Å². The van der Waals surface area contributed by atoms with Gasteiger partial charge in [0.15, 0.2) is 0 Å². The molecule has 0 aliphatic carbocycles. The minimum absolute atomic E-state index is 0.255. The maximum absolute atomic E-state index is 10.9. The van der Waals surface area contributed by atoms with E-state index < -0.39 is 7.60 Å². The van der Waals surface area contributed by atoms with Gasteiger partial charge >= 0.3 is 7.60 Å². The summed E-state index contributed by atoms with van der Waals surface area (Å²) in [5, 5.41) is 8.17. The van der Waals surface area contributed by atoms with Gasteiger partial charge in [-0.2, -0.15) is 0 Å². The van der Waals surface area contributed by atoms with E-state index in [1.807, 2.05) is 6.92 Å². The van der Waals surface area contributed by atoms with Crippen LogP contribution in [-0.2, 0) is 13.6 Å². The van der Waals surface area contributed by atoms with Crippen LogP contribution in [0.25, 0.3) is 0 Å². The maximum Gasteiger partial charge on any atom is 0.329 e. The van der Waals surface area contributed by atoms with E-state index in [1.165, 1.54) is 14.2 Å². The van der Waals surface area contributed by atoms with Crippen LogP contribution in [0.1, 0.15) is 20.3 Å². The minimum atomic E-state index is -2.66. The average molecular weight is 210 g/mol. The van der Waals surface area contributed by atoms with Gasteiger partial charge in [-0.15, -0.1) is 0 Å². The Hall–Kier alpha value is -0.310. The van der Waals surface area contributed by atoms with Crippen LogP contribution in [0.3, 0.4) is 0 Å². The van der Waals surface area contributed by atoms with Crippen molar-refractivity contribution >= 4 is 7.60 Å². The molecule has 0 aliphatic rings. The van der Waals surface area contributed by atoms with Crippen LogP contribution in [0.4, 0.5) is 0 Å². The Kier molecular flexibility index (Phi) is 9.68. The molecular formula is C8H19O4P. The van der Waals surface area contributed by atoms with Crippen molar-refractivity contribution in [1.82, 2.24) is 0 Å². The highest BCUT2D eigenvalue weighted by Gasteiger charge is 2.15. The first-order chi connectivity index (χ1) is 5.95. The first-order valence-corrected chi connectivity index (χ1v) is 5.75. The standard InChI is InChI=1S/C4H11O3P.C4H8O/c1-4-8(5,6-2)7-3;1-3-4(2)5/h4H2,1-3H3;5H,2-3H2,1H3. The summed E-state index contributed by atoms with van der Waals surface area (Å²) in [7, 11) is 0.103. The molecule has 0 atom stereocenters. The van der Waals surface area contributed by atoms with Crippen LogP contribution in [-0.4, -0.2) is 25.5 Å². The summed E-state index contributed by atoms with van der Waals surface area (Å²) in [5.74, 6) is 0.255. The van der Waals surface area contributed by atoms with Gasteiger partial charge in [-0.25, -0.2) is 0 Å². The Labute approximate surface area is 80.1 Å². The number of allylic oxidation sites excluding steroid dienone is 1. The SMILES string of the molecule is C=C(O)CC.CCP(=O)(OC)OC. The van der Waals surface area contributed by atoms with Gasteiger partial charge in [0.2, 0.25) is 0 Å². The average Bonchev–Trinajstić information content (AvgIpc) is 2.17. The van der Waals surface area contributed by atoms with Crippen LogP contribution in [0.15, 0.2) is 12.3 Å². The van der Waals surface area contributed by atoms with E-state index in [-0.39, 0.29) is 5.76 Å². The molecule has 0 unspecified atom stereocenters. The maximum atomic E-state index is 10.9. The lowest BCUT2D eigenvalue weighted by Crippen LogP contribution is -1.89. The zero-order chi connectivity index (χ0) is 10.9. The Morgan fingerprint density at radius 1 is 1.38 bits per heavy atom. The van der Waals surface area contributed by atoms with E-state index in [4.69, 9.17) is 5.11 Å². The molecule has 0 aliphatic heterocycles. The van der Waals surface area contributed by atoms with E-state index in [0.29, 0.717) is 12.6 Å². The molecular weight excluding hydrogens is 191 g/mol. The predicted molar refractivity (Wildman–Crippen MR) is 54.2 cm³/mol. The molecule has 0 aromatic carbocycles.